The third kappa shape index (κ3) is 3.53. The molecule has 0 saturated carbocycles. The summed E-state index contributed by atoms with van der Waals surface area (Å²) in [4.78, 5) is 11.7. The van der Waals surface area contributed by atoms with Crippen LogP contribution in [0.1, 0.15) is 57.2 Å². The first kappa shape index (κ1) is 14.0. The van der Waals surface area contributed by atoms with Crippen LogP contribution in [-0.4, -0.2) is 26.7 Å². The molecule has 0 aromatic carbocycles. The Bertz CT molecular complexity index is 440. The van der Waals surface area contributed by atoms with E-state index in [0.29, 0.717) is 6.42 Å². The number of carbonyl (C=O) groups excluding carboxylic acids is 1. The second-order valence-electron chi connectivity index (χ2n) is 5.41. The third-order valence-corrected chi connectivity index (χ3v) is 3.41. The highest BCUT2D eigenvalue weighted by molar-refractivity contribution is 5.76. The number of amides is 1. The quantitative estimate of drug-likeness (QED) is 0.847. The van der Waals surface area contributed by atoms with Crippen molar-refractivity contribution in [3.05, 3.63) is 11.6 Å². The SMILES string of the molecule is CC(N)CC(=O)NC(C)c1nnc2n1CCCCC2. The lowest BCUT2D eigenvalue weighted by atomic mass is 10.2. The molecule has 0 radical (unpaired) electrons. The number of hydrogen-bond acceptors (Lipinski definition) is 4. The average Bonchev–Trinajstić information content (AvgIpc) is 2.57. The molecule has 0 bridgehead atoms. The summed E-state index contributed by atoms with van der Waals surface area (Å²) in [5.41, 5.74) is 5.63. The highest BCUT2D eigenvalue weighted by Gasteiger charge is 2.20. The summed E-state index contributed by atoms with van der Waals surface area (Å²) in [7, 11) is 0. The molecular formula is C13H23N5O. The summed E-state index contributed by atoms with van der Waals surface area (Å²) >= 11 is 0. The van der Waals surface area contributed by atoms with Crippen LogP contribution in [0.15, 0.2) is 0 Å². The monoisotopic (exact) mass is 265 g/mol. The normalized spacial score (nSPS) is 18.3. The minimum Gasteiger partial charge on any atom is -0.346 e. The fourth-order valence-electron chi connectivity index (χ4n) is 2.49. The Morgan fingerprint density at radius 1 is 1.37 bits per heavy atom. The Balaban J connectivity index is 2.05. The minimum absolute atomic E-state index is 0.0338. The second kappa shape index (κ2) is 6.14. The lowest BCUT2D eigenvalue weighted by Gasteiger charge is -2.16. The Labute approximate surface area is 113 Å². The van der Waals surface area contributed by atoms with Gasteiger partial charge in [0.1, 0.15) is 5.82 Å². The zero-order valence-electron chi connectivity index (χ0n) is 11.7. The van der Waals surface area contributed by atoms with E-state index in [1.807, 2.05) is 13.8 Å². The molecule has 2 rings (SSSR count). The van der Waals surface area contributed by atoms with Crippen molar-refractivity contribution in [2.75, 3.05) is 0 Å². The first-order valence-corrected chi connectivity index (χ1v) is 7.05. The summed E-state index contributed by atoms with van der Waals surface area (Å²) in [6.07, 6.45) is 4.87. The van der Waals surface area contributed by atoms with Crippen LogP contribution < -0.4 is 11.1 Å². The molecule has 2 atom stereocenters. The summed E-state index contributed by atoms with van der Waals surface area (Å²) < 4.78 is 2.16. The van der Waals surface area contributed by atoms with E-state index in [2.05, 4.69) is 20.1 Å². The number of nitrogens with two attached hydrogens (primary N) is 1. The maximum absolute atomic E-state index is 11.7. The Hall–Kier alpha value is -1.43. The molecule has 2 heterocycles. The summed E-state index contributed by atoms with van der Waals surface area (Å²) in [6, 6.07) is -0.242. The lowest BCUT2D eigenvalue weighted by Crippen LogP contribution is -2.33. The van der Waals surface area contributed by atoms with Crippen molar-refractivity contribution in [3.63, 3.8) is 0 Å². The molecule has 1 aromatic heterocycles. The number of rotatable bonds is 4. The van der Waals surface area contributed by atoms with E-state index in [0.717, 1.165) is 31.0 Å². The van der Waals surface area contributed by atoms with Crippen LogP contribution >= 0.6 is 0 Å². The highest BCUT2D eigenvalue weighted by atomic mass is 16.1. The van der Waals surface area contributed by atoms with Crippen LogP contribution in [0.4, 0.5) is 0 Å². The average molecular weight is 265 g/mol. The van der Waals surface area contributed by atoms with Gasteiger partial charge in [-0.15, -0.1) is 10.2 Å². The van der Waals surface area contributed by atoms with Gasteiger partial charge in [0, 0.05) is 25.4 Å². The third-order valence-electron chi connectivity index (χ3n) is 3.41. The van der Waals surface area contributed by atoms with E-state index in [9.17, 15) is 4.79 Å². The van der Waals surface area contributed by atoms with Crippen molar-refractivity contribution >= 4 is 5.91 Å². The molecule has 3 N–H and O–H groups in total. The van der Waals surface area contributed by atoms with E-state index in [1.54, 1.807) is 0 Å². The van der Waals surface area contributed by atoms with Gasteiger partial charge < -0.3 is 15.6 Å². The van der Waals surface area contributed by atoms with Gasteiger partial charge in [-0.25, -0.2) is 0 Å². The standard InChI is InChI=1S/C13H23N5O/c1-9(14)8-12(19)15-10(2)13-17-16-11-6-4-3-5-7-18(11)13/h9-10H,3-8,14H2,1-2H3,(H,15,19). The number of fused-ring (bicyclic) bond motifs is 1. The molecule has 0 fully saturated rings. The largest absolute Gasteiger partial charge is 0.346 e. The van der Waals surface area contributed by atoms with Crippen LogP contribution in [0.5, 0.6) is 0 Å². The number of hydrogen-bond donors (Lipinski definition) is 2. The van der Waals surface area contributed by atoms with E-state index in [-0.39, 0.29) is 18.0 Å². The molecular weight excluding hydrogens is 242 g/mol. The Kier molecular flexibility index (Phi) is 4.52. The molecule has 1 aliphatic heterocycles. The molecule has 2 unspecified atom stereocenters. The van der Waals surface area contributed by atoms with Crippen molar-refractivity contribution in [3.8, 4) is 0 Å². The fraction of sp³-hybridized carbons (Fsp3) is 0.769. The summed E-state index contributed by atoms with van der Waals surface area (Å²) in [5.74, 6) is 1.86. The first-order chi connectivity index (χ1) is 9.08. The van der Waals surface area contributed by atoms with Crippen LogP contribution in [0.2, 0.25) is 0 Å². The van der Waals surface area contributed by atoms with Gasteiger partial charge in [-0.1, -0.05) is 6.42 Å². The molecule has 19 heavy (non-hydrogen) atoms. The zero-order chi connectivity index (χ0) is 13.8. The molecule has 1 aromatic rings. The van der Waals surface area contributed by atoms with Crippen LogP contribution in [0, 0.1) is 0 Å². The molecule has 0 saturated heterocycles. The van der Waals surface area contributed by atoms with E-state index in [1.165, 1.54) is 12.8 Å². The topological polar surface area (TPSA) is 85.8 Å². The van der Waals surface area contributed by atoms with Crippen molar-refractivity contribution in [1.82, 2.24) is 20.1 Å². The first-order valence-electron chi connectivity index (χ1n) is 7.05. The highest BCUT2D eigenvalue weighted by Crippen LogP contribution is 2.18. The van der Waals surface area contributed by atoms with Crippen LogP contribution in [0.25, 0.3) is 0 Å². The number of carbonyl (C=O) groups is 1. The number of nitrogens with zero attached hydrogens (tertiary/aromatic N) is 3. The van der Waals surface area contributed by atoms with Crippen molar-refractivity contribution in [2.45, 2.75) is 64.6 Å². The number of nitrogens with one attached hydrogen (secondary N) is 1. The smallest absolute Gasteiger partial charge is 0.222 e. The molecule has 0 spiro atoms. The fourth-order valence-corrected chi connectivity index (χ4v) is 2.49. The number of aryl methyl sites for hydroxylation is 1. The zero-order valence-corrected chi connectivity index (χ0v) is 11.7. The predicted octanol–water partition coefficient (Wildman–Crippen LogP) is 0.919. The van der Waals surface area contributed by atoms with Crippen LogP contribution in [0.3, 0.4) is 0 Å². The molecule has 6 heteroatoms. The molecule has 1 aliphatic rings. The maximum atomic E-state index is 11.7. The Morgan fingerprint density at radius 3 is 2.89 bits per heavy atom. The van der Waals surface area contributed by atoms with Crippen molar-refractivity contribution in [2.24, 2.45) is 5.73 Å². The van der Waals surface area contributed by atoms with Gasteiger partial charge in [0.25, 0.3) is 0 Å². The summed E-state index contributed by atoms with van der Waals surface area (Å²) in [6.45, 7) is 4.72. The van der Waals surface area contributed by atoms with Crippen LogP contribution in [-0.2, 0) is 17.8 Å². The van der Waals surface area contributed by atoms with E-state index in [4.69, 9.17) is 5.73 Å². The minimum atomic E-state index is -0.122. The van der Waals surface area contributed by atoms with Gasteiger partial charge in [0.05, 0.1) is 6.04 Å². The summed E-state index contributed by atoms with van der Waals surface area (Å²) in [5, 5.41) is 11.4. The van der Waals surface area contributed by atoms with Gasteiger partial charge in [-0.05, 0) is 26.7 Å². The maximum Gasteiger partial charge on any atom is 0.222 e. The van der Waals surface area contributed by atoms with Gasteiger partial charge >= 0.3 is 0 Å². The Morgan fingerprint density at radius 2 is 2.16 bits per heavy atom. The van der Waals surface area contributed by atoms with Gasteiger partial charge in [-0.2, -0.15) is 0 Å². The van der Waals surface area contributed by atoms with Gasteiger partial charge in [0.2, 0.25) is 5.91 Å². The van der Waals surface area contributed by atoms with Crippen molar-refractivity contribution < 1.29 is 4.79 Å². The second-order valence-corrected chi connectivity index (χ2v) is 5.41. The van der Waals surface area contributed by atoms with Crippen molar-refractivity contribution in [1.29, 1.82) is 0 Å². The predicted molar refractivity (Wildman–Crippen MR) is 72.4 cm³/mol. The molecule has 1 amide bonds. The molecule has 106 valence electrons. The van der Waals surface area contributed by atoms with E-state index < -0.39 is 0 Å². The van der Waals surface area contributed by atoms with Gasteiger partial charge in [-0.3, -0.25) is 4.79 Å². The number of aromatic nitrogens is 3. The van der Waals surface area contributed by atoms with E-state index >= 15 is 0 Å². The lowest BCUT2D eigenvalue weighted by molar-refractivity contribution is -0.122. The van der Waals surface area contributed by atoms with Gasteiger partial charge in [0.15, 0.2) is 5.82 Å². The molecule has 6 nitrogen and oxygen atoms in total. The molecule has 0 aliphatic carbocycles.